The van der Waals surface area contributed by atoms with Gasteiger partial charge >= 0.3 is 0 Å². The Morgan fingerprint density at radius 2 is 1.86 bits per heavy atom. The number of rotatable bonds is 16. The van der Waals surface area contributed by atoms with Gasteiger partial charge in [-0.15, -0.1) is 0 Å². The second-order valence-corrected chi connectivity index (χ2v) is 11.4. The van der Waals surface area contributed by atoms with E-state index >= 15 is 0 Å². The SMILES string of the molecule is C=C/C=C\C(=C/C)c1ccc(CC)c(CCC(NC(=C)C(CC(C)C/C=C/C(C)(C)C)OC)C(=C)C)c1. The van der Waals surface area contributed by atoms with E-state index in [0.717, 1.165) is 43.4 Å². The van der Waals surface area contributed by atoms with E-state index in [9.17, 15) is 0 Å². The minimum absolute atomic E-state index is 0.0247. The van der Waals surface area contributed by atoms with Crippen LogP contribution < -0.4 is 5.32 Å². The van der Waals surface area contributed by atoms with E-state index in [1.54, 1.807) is 7.11 Å². The van der Waals surface area contributed by atoms with Crippen LogP contribution in [0.15, 0.2) is 85.7 Å². The van der Waals surface area contributed by atoms with Gasteiger partial charge < -0.3 is 10.1 Å². The predicted molar refractivity (Wildman–Crippen MR) is 166 cm³/mol. The number of allylic oxidation sites excluding steroid dienone is 7. The highest BCUT2D eigenvalue weighted by atomic mass is 16.5. The van der Waals surface area contributed by atoms with Gasteiger partial charge in [-0.05, 0) is 79.5 Å². The van der Waals surface area contributed by atoms with Crippen LogP contribution in [0, 0.1) is 11.3 Å². The molecule has 3 atom stereocenters. The smallest absolute Gasteiger partial charge is 0.0962 e. The molecule has 0 amide bonds. The summed E-state index contributed by atoms with van der Waals surface area (Å²) in [7, 11) is 1.78. The van der Waals surface area contributed by atoms with Crippen LogP contribution in [0.2, 0.25) is 0 Å². The van der Waals surface area contributed by atoms with Crippen LogP contribution in [-0.2, 0) is 17.6 Å². The molecule has 2 nitrogen and oxygen atoms in total. The number of methoxy groups -OCH3 is 1. The zero-order chi connectivity index (χ0) is 28.0. The van der Waals surface area contributed by atoms with Crippen LogP contribution in [0.5, 0.6) is 0 Å². The minimum Gasteiger partial charge on any atom is -0.380 e. The third-order valence-electron chi connectivity index (χ3n) is 6.75. The van der Waals surface area contributed by atoms with E-state index in [2.05, 4.69) is 116 Å². The first kappa shape index (κ1) is 32.4. The van der Waals surface area contributed by atoms with Gasteiger partial charge in [-0.25, -0.2) is 0 Å². The average molecular weight is 504 g/mol. The molecule has 0 saturated carbocycles. The Morgan fingerprint density at radius 3 is 2.41 bits per heavy atom. The van der Waals surface area contributed by atoms with Crippen LogP contribution in [0.4, 0.5) is 0 Å². The van der Waals surface area contributed by atoms with Crippen molar-refractivity contribution < 1.29 is 4.74 Å². The number of ether oxygens (including phenoxy) is 1. The second-order valence-electron chi connectivity index (χ2n) is 11.4. The molecule has 0 spiro atoms. The maximum atomic E-state index is 5.86. The van der Waals surface area contributed by atoms with E-state index in [-0.39, 0.29) is 17.6 Å². The Hall–Kier alpha value is -2.58. The van der Waals surface area contributed by atoms with Gasteiger partial charge in [0, 0.05) is 18.8 Å². The summed E-state index contributed by atoms with van der Waals surface area (Å²) in [6, 6.07) is 6.99. The lowest BCUT2D eigenvalue weighted by Crippen LogP contribution is -2.35. The zero-order valence-corrected chi connectivity index (χ0v) is 25.0. The van der Waals surface area contributed by atoms with E-state index in [0.29, 0.717) is 5.92 Å². The van der Waals surface area contributed by atoms with Crippen molar-refractivity contribution in [1.82, 2.24) is 5.32 Å². The largest absolute Gasteiger partial charge is 0.380 e. The summed E-state index contributed by atoms with van der Waals surface area (Å²) in [4.78, 5) is 0. The summed E-state index contributed by atoms with van der Waals surface area (Å²) in [6.07, 6.45) is 17.6. The molecule has 0 saturated heterocycles. The molecule has 0 fully saturated rings. The second kappa shape index (κ2) is 16.3. The van der Waals surface area contributed by atoms with Crippen LogP contribution >= 0.6 is 0 Å². The summed E-state index contributed by atoms with van der Waals surface area (Å²) in [5, 5.41) is 3.67. The van der Waals surface area contributed by atoms with Crippen molar-refractivity contribution >= 4 is 5.57 Å². The van der Waals surface area contributed by atoms with Crippen molar-refractivity contribution in [2.45, 2.75) is 92.7 Å². The molecule has 0 bridgehead atoms. The lowest BCUT2D eigenvalue weighted by molar-refractivity contribution is 0.104. The van der Waals surface area contributed by atoms with Gasteiger partial charge in [0.25, 0.3) is 0 Å². The molecule has 1 aromatic rings. The van der Waals surface area contributed by atoms with E-state index in [1.807, 2.05) is 12.2 Å². The Kier molecular flexibility index (Phi) is 14.3. The molecule has 0 heterocycles. The number of benzene rings is 1. The molecule has 1 aromatic carbocycles. The Bertz CT molecular complexity index is 969. The highest BCUT2D eigenvalue weighted by Gasteiger charge is 2.19. The van der Waals surface area contributed by atoms with Crippen molar-refractivity contribution in [1.29, 1.82) is 0 Å². The number of hydrogen-bond donors (Lipinski definition) is 1. The molecule has 0 radical (unpaired) electrons. The van der Waals surface area contributed by atoms with Crippen molar-refractivity contribution in [3.05, 3.63) is 102 Å². The van der Waals surface area contributed by atoms with Gasteiger partial charge in [-0.3, -0.25) is 0 Å². The summed E-state index contributed by atoms with van der Waals surface area (Å²) < 4.78 is 5.86. The quantitative estimate of drug-likeness (QED) is 0.179. The fourth-order valence-corrected chi connectivity index (χ4v) is 4.47. The lowest BCUT2D eigenvalue weighted by atomic mass is 9.92. The Labute approximate surface area is 229 Å². The van der Waals surface area contributed by atoms with E-state index in [4.69, 9.17) is 4.74 Å². The van der Waals surface area contributed by atoms with Gasteiger partial charge in [0.2, 0.25) is 0 Å². The first-order valence-corrected chi connectivity index (χ1v) is 13.8. The highest BCUT2D eigenvalue weighted by molar-refractivity contribution is 5.74. The summed E-state index contributed by atoms with van der Waals surface area (Å²) in [6.45, 7) is 27.8. The van der Waals surface area contributed by atoms with E-state index < -0.39 is 0 Å². The molecule has 2 heteroatoms. The molecular weight excluding hydrogens is 450 g/mol. The number of aryl methyl sites for hydroxylation is 2. The molecule has 0 aliphatic carbocycles. The molecule has 3 unspecified atom stereocenters. The third-order valence-corrected chi connectivity index (χ3v) is 6.75. The average Bonchev–Trinajstić information content (AvgIpc) is 2.84. The molecular formula is C35H53NO. The van der Waals surface area contributed by atoms with Gasteiger partial charge in [0.15, 0.2) is 0 Å². The van der Waals surface area contributed by atoms with Gasteiger partial charge in [0.1, 0.15) is 0 Å². The van der Waals surface area contributed by atoms with Gasteiger partial charge in [-0.1, -0.05) is 115 Å². The first-order chi connectivity index (χ1) is 17.4. The standard InChI is InChI=1S/C35H53NO/c1-12-15-18-29(13-2)31-20-19-30(14-3)32(25-31)21-22-33(26(4)5)36-28(7)34(37-11)24-27(6)17-16-23-35(8,9)10/h12-13,15-16,18-20,23,25,27,33-34,36H,1,4,7,14,17,21-22,24H2,2-3,5-6,8-11H3/b18-15-,23-16+,29-13+. The van der Waals surface area contributed by atoms with Crippen LogP contribution in [0.25, 0.3) is 5.57 Å². The highest BCUT2D eigenvalue weighted by Crippen LogP contribution is 2.24. The zero-order valence-electron chi connectivity index (χ0n) is 25.0. The molecule has 0 aliphatic rings. The van der Waals surface area contributed by atoms with Crippen molar-refractivity contribution in [2.24, 2.45) is 11.3 Å². The number of hydrogen-bond acceptors (Lipinski definition) is 2. The predicted octanol–water partition coefficient (Wildman–Crippen LogP) is 9.41. The van der Waals surface area contributed by atoms with Crippen LogP contribution in [0.3, 0.4) is 0 Å². The maximum absolute atomic E-state index is 5.86. The molecule has 0 aromatic heterocycles. The molecule has 37 heavy (non-hydrogen) atoms. The van der Waals surface area contributed by atoms with E-state index in [1.165, 1.54) is 22.3 Å². The summed E-state index contributed by atoms with van der Waals surface area (Å²) in [5.74, 6) is 0.510. The number of nitrogens with one attached hydrogen (secondary N) is 1. The Balaban J connectivity index is 2.92. The molecule has 0 aliphatic heterocycles. The molecule has 1 N–H and O–H groups in total. The fraction of sp³-hybridized carbons (Fsp3) is 0.486. The minimum atomic E-state index is -0.0247. The first-order valence-electron chi connectivity index (χ1n) is 13.8. The molecule has 204 valence electrons. The van der Waals surface area contributed by atoms with Crippen molar-refractivity contribution in [3.63, 3.8) is 0 Å². The lowest BCUT2D eigenvalue weighted by Gasteiger charge is -2.28. The van der Waals surface area contributed by atoms with Crippen LogP contribution in [-0.4, -0.2) is 19.3 Å². The molecule has 1 rings (SSSR count). The fourth-order valence-electron chi connectivity index (χ4n) is 4.47. The third kappa shape index (κ3) is 12.0. The normalized spacial score (nSPS) is 15.1. The van der Waals surface area contributed by atoms with Crippen molar-refractivity contribution in [3.8, 4) is 0 Å². The monoisotopic (exact) mass is 503 g/mol. The van der Waals surface area contributed by atoms with Crippen molar-refractivity contribution in [2.75, 3.05) is 7.11 Å². The maximum Gasteiger partial charge on any atom is 0.0962 e. The van der Waals surface area contributed by atoms with Crippen LogP contribution in [0.1, 0.15) is 84.4 Å². The summed E-state index contributed by atoms with van der Waals surface area (Å²) in [5.41, 5.74) is 7.53. The Morgan fingerprint density at radius 1 is 1.16 bits per heavy atom. The van der Waals surface area contributed by atoms with Gasteiger partial charge in [0.05, 0.1) is 6.10 Å². The summed E-state index contributed by atoms with van der Waals surface area (Å²) >= 11 is 0. The van der Waals surface area contributed by atoms with Gasteiger partial charge in [-0.2, -0.15) is 0 Å². The topological polar surface area (TPSA) is 21.3 Å².